The highest BCUT2D eigenvalue weighted by Crippen LogP contribution is 2.25. The number of hydrogen-bond donors (Lipinski definition) is 2. The van der Waals surface area contributed by atoms with E-state index in [1.807, 2.05) is 43.3 Å². The molecule has 1 heterocycles. The van der Waals surface area contributed by atoms with Gasteiger partial charge in [-0.05, 0) is 36.8 Å². The molecule has 2 aromatic carbocycles. The van der Waals surface area contributed by atoms with Gasteiger partial charge in [0, 0.05) is 18.5 Å². The Morgan fingerprint density at radius 1 is 1.22 bits per heavy atom. The Kier molecular flexibility index (Phi) is 6.03. The second-order valence-corrected chi connectivity index (χ2v) is 6.67. The van der Waals surface area contributed by atoms with Gasteiger partial charge in [-0.2, -0.15) is 0 Å². The maximum Gasteiger partial charge on any atom is 0.269 e. The summed E-state index contributed by atoms with van der Waals surface area (Å²) in [6, 6.07) is 15.5. The third kappa shape index (κ3) is 4.25. The van der Waals surface area contributed by atoms with Crippen molar-refractivity contribution in [1.82, 2.24) is 9.55 Å². The Hall–Kier alpha value is -2.93. The van der Waals surface area contributed by atoms with Gasteiger partial charge in [-0.15, -0.1) is 0 Å². The molecule has 0 atom stereocenters. The smallest absolute Gasteiger partial charge is 0.269 e. The van der Waals surface area contributed by atoms with Crippen LogP contribution in [0.3, 0.4) is 0 Å². The van der Waals surface area contributed by atoms with Gasteiger partial charge in [-0.3, -0.25) is 9.36 Å². The molecule has 0 aliphatic carbocycles. The monoisotopic (exact) mass is 382 g/mol. The van der Waals surface area contributed by atoms with Crippen LogP contribution in [0.25, 0.3) is 5.69 Å². The second kappa shape index (κ2) is 8.64. The van der Waals surface area contributed by atoms with Crippen LogP contribution in [0.15, 0.2) is 64.5 Å². The van der Waals surface area contributed by atoms with E-state index in [2.05, 4.69) is 10.3 Å². The van der Waals surface area contributed by atoms with Gasteiger partial charge in [0.25, 0.3) is 5.56 Å². The van der Waals surface area contributed by atoms with Gasteiger partial charge in [0.2, 0.25) is 0 Å². The van der Waals surface area contributed by atoms with Crippen molar-refractivity contribution in [3.63, 3.8) is 0 Å². The lowest BCUT2D eigenvalue weighted by molar-refractivity contribution is 0.626. The van der Waals surface area contributed by atoms with Crippen molar-refractivity contribution in [3.05, 3.63) is 81.9 Å². The quantitative estimate of drug-likeness (QED) is 0.367. The zero-order chi connectivity index (χ0) is 19.2. The first kappa shape index (κ1) is 18.8. The topological polar surface area (TPSA) is 70.8 Å². The van der Waals surface area contributed by atoms with E-state index in [4.69, 9.17) is 5.41 Å². The van der Waals surface area contributed by atoms with Crippen molar-refractivity contribution in [2.45, 2.75) is 17.8 Å². The first-order valence-electron chi connectivity index (χ1n) is 8.48. The van der Waals surface area contributed by atoms with E-state index in [0.29, 0.717) is 29.0 Å². The van der Waals surface area contributed by atoms with Crippen LogP contribution < -0.4 is 10.9 Å². The Bertz CT molecular complexity index is 1000. The molecule has 1 aromatic heterocycles. The largest absolute Gasteiger partial charge is 0.370 e. The summed E-state index contributed by atoms with van der Waals surface area (Å²) in [4.78, 5) is 17.6. The minimum atomic E-state index is -0.316. The average Bonchev–Trinajstić information content (AvgIpc) is 2.67. The lowest BCUT2D eigenvalue weighted by atomic mass is 10.2. The highest BCUT2D eigenvalue weighted by atomic mass is 32.2. The van der Waals surface area contributed by atoms with Gasteiger partial charge < -0.3 is 10.7 Å². The fourth-order valence-corrected chi connectivity index (χ4v) is 3.57. The van der Waals surface area contributed by atoms with E-state index in [1.165, 1.54) is 28.5 Å². The number of halogens is 1. The summed E-state index contributed by atoms with van der Waals surface area (Å²) < 4.78 is 14.9. The molecular weight excluding hydrogens is 363 g/mol. The molecule has 0 saturated carbocycles. The number of nitrogens with zero attached hydrogens (tertiary/aromatic N) is 2. The molecule has 0 aliphatic rings. The van der Waals surface area contributed by atoms with Crippen molar-refractivity contribution in [1.29, 1.82) is 5.41 Å². The van der Waals surface area contributed by atoms with Gasteiger partial charge in [-0.25, -0.2) is 9.37 Å². The highest BCUT2D eigenvalue weighted by molar-refractivity contribution is 7.98. The molecule has 0 bridgehead atoms. The maximum absolute atomic E-state index is 13.4. The Balaban J connectivity index is 2.09. The summed E-state index contributed by atoms with van der Waals surface area (Å²) in [6.45, 7) is 2.48. The van der Waals surface area contributed by atoms with Crippen LogP contribution >= 0.6 is 11.8 Å². The highest BCUT2D eigenvalue weighted by Gasteiger charge is 2.17. The SMILES string of the molecule is CCNc1nc(SCc2cccc(F)c2)n(-c2ccccc2)c(=O)c1C=N. The van der Waals surface area contributed by atoms with Crippen LogP contribution in [0.2, 0.25) is 0 Å². The summed E-state index contributed by atoms with van der Waals surface area (Å²) >= 11 is 1.35. The van der Waals surface area contributed by atoms with E-state index in [0.717, 1.165) is 11.8 Å². The summed E-state index contributed by atoms with van der Waals surface area (Å²) in [5, 5.41) is 11.2. The lowest BCUT2D eigenvalue weighted by Gasteiger charge is -2.15. The number of thioether (sulfide) groups is 1. The number of rotatable bonds is 7. The molecule has 27 heavy (non-hydrogen) atoms. The van der Waals surface area contributed by atoms with Crippen molar-refractivity contribution in [2.75, 3.05) is 11.9 Å². The van der Waals surface area contributed by atoms with Gasteiger partial charge >= 0.3 is 0 Å². The molecule has 0 unspecified atom stereocenters. The lowest BCUT2D eigenvalue weighted by Crippen LogP contribution is -2.27. The Morgan fingerprint density at radius 2 is 2.00 bits per heavy atom. The third-order valence-electron chi connectivity index (χ3n) is 3.85. The number of nitrogens with one attached hydrogen (secondary N) is 2. The first-order valence-corrected chi connectivity index (χ1v) is 9.46. The standard InChI is InChI=1S/C20H19FN4OS/c1-2-23-18-17(12-22)19(26)25(16-9-4-3-5-10-16)20(24-18)27-13-14-7-6-8-15(21)11-14/h3-12,22-23H,2,13H2,1H3. The molecule has 5 nitrogen and oxygen atoms in total. The van der Waals surface area contributed by atoms with Crippen molar-refractivity contribution in [2.24, 2.45) is 0 Å². The molecule has 3 rings (SSSR count). The Labute approximate surface area is 160 Å². The summed E-state index contributed by atoms with van der Waals surface area (Å²) in [7, 11) is 0. The summed E-state index contributed by atoms with van der Waals surface area (Å²) in [5.74, 6) is 0.549. The average molecular weight is 382 g/mol. The molecule has 0 amide bonds. The summed E-state index contributed by atoms with van der Waals surface area (Å²) in [6.07, 6.45) is 1.02. The van der Waals surface area contributed by atoms with Crippen LogP contribution in [-0.4, -0.2) is 22.3 Å². The zero-order valence-electron chi connectivity index (χ0n) is 14.8. The van der Waals surface area contributed by atoms with Crippen LogP contribution in [-0.2, 0) is 5.75 Å². The van der Waals surface area contributed by atoms with Crippen molar-refractivity contribution >= 4 is 23.8 Å². The molecule has 0 saturated heterocycles. The van der Waals surface area contributed by atoms with Crippen molar-refractivity contribution < 1.29 is 4.39 Å². The van der Waals surface area contributed by atoms with Crippen LogP contribution in [0.1, 0.15) is 18.1 Å². The predicted octanol–water partition coefficient (Wildman–Crippen LogP) is 4.09. The minimum absolute atomic E-state index is 0.204. The van der Waals surface area contributed by atoms with Crippen LogP contribution in [0.4, 0.5) is 10.2 Å². The molecule has 3 aromatic rings. The van der Waals surface area contributed by atoms with Gasteiger partial charge in [0.05, 0.1) is 5.69 Å². The number of anilines is 1. The van der Waals surface area contributed by atoms with E-state index < -0.39 is 0 Å². The fraction of sp³-hybridized carbons (Fsp3) is 0.150. The molecule has 7 heteroatoms. The van der Waals surface area contributed by atoms with Gasteiger partial charge in [0.1, 0.15) is 17.2 Å². The number of benzene rings is 2. The second-order valence-electron chi connectivity index (χ2n) is 5.73. The van der Waals surface area contributed by atoms with Crippen molar-refractivity contribution in [3.8, 4) is 5.69 Å². The van der Waals surface area contributed by atoms with E-state index in [-0.39, 0.29) is 16.9 Å². The minimum Gasteiger partial charge on any atom is -0.370 e. The number of aromatic nitrogens is 2. The molecular formula is C20H19FN4OS. The predicted molar refractivity (Wildman–Crippen MR) is 108 cm³/mol. The molecule has 0 aliphatic heterocycles. The number of para-hydroxylation sites is 1. The third-order valence-corrected chi connectivity index (χ3v) is 4.86. The Morgan fingerprint density at radius 3 is 2.67 bits per heavy atom. The molecule has 138 valence electrons. The van der Waals surface area contributed by atoms with E-state index >= 15 is 0 Å². The normalized spacial score (nSPS) is 10.6. The van der Waals surface area contributed by atoms with Crippen LogP contribution in [0.5, 0.6) is 0 Å². The van der Waals surface area contributed by atoms with Gasteiger partial charge in [-0.1, -0.05) is 42.1 Å². The molecule has 0 fully saturated rings. The van der Waals surface area contributed by atoms with E-state index in [1.54, 1.807) is 6.07 Å². The maximum atomic E-state index is 13.4. The number of hydrogen-bond acceptors (Lipinski definition) is 5. The fourth-order valence-electron chi connectivity index (χ4n) is 2.62. The van der Waals surface area contributed by atoms with Crippen LogP contribution in [0, 0.1) is 11.2 Å². The van der Waals surface area contributed by atoms with Gasteiger partial charge in [0.15, 0.2) is 5.16 Å². The first-order chi connectivity index (χ1) is 13.1. The molecule has 0 spiro atoms. The van der Waals surface area contributed by atoms with E-state index in [9.17, 15) is 9.18 Å². The summed E-state index contributed by atoms with van der Waals surface area (Å²) in [5.41, 5.74) is 1.36. The zero-order valence-corrected chi connectivity index (χ0v) is 15.6. The molecule has 0 radical (unpaired) electrons. The molecule has 2 N–H and O–H groups in total.